The highest BCUT2D eigenvalue weighted by Gasteiger charge is 2.45. The third-order valence-electron chi connectivity index (χ3n) is 6.67. The Morgan fingerprint density at radius 3 is 2.57 bits per heavy atom. The minimum atomic E-state index is -0.926. The molecule has 8 heteroatoms. The Hall–Kier alpha value is -2.58. The summed E-state index contributed by atoms with van der Waals surface area (Å²) in [6.07, 6.45) is 3.89. The van der Waals surface area contributed by atoms with Gasteiger partial charge in [0, 0.05) is 32.1 Å². The molecule has 1 unspecified atom stereocenters. The second-order valence-corrected chi connectivity index (χ2v) is 8.81. The molecule has 0 spiro atoms. The average molecular weight is 410 g/mol. The number of hydrogen-bond acceptors (Lipinski definition) is 6. The third kappa shape index (κ3) is 3.44. The summed E-state index contributed by atoms with van der Waals surface area (Å²) < 4.78 is 0. The second kappa shape index (κ2) is 7.59. The molecule has 0 bridgehead atoms. The molecule has 1 aliphatic carbocycles. The lowest BCUT2D eigenvalue weighted by Gasteiger charge is -2.29. The number of hydrogen-bond donors (Lipinski definition) is 2. The van der Waals surface area contributed by atoms with Gasteiger partial charge in [0.05, 0.1) is 11.1 Å². The zero-order valence-corrected chi connectivity index (χ0v) is 16.9. The topological polar surface area (TPSA) is 98.8 Å². The fraction of sp³-hybridized carbons (Fsp3) is 0.545. The second-order valence-electron chi connectivity index (χ2n) is 8.81. The molecule has 3 heterocycles. The van der Waals surface area contributed by atoms with Crippen molar-refractivity contribution in [2.75, 3.05) is 19.6 Å². The largest absolute Gasteiger partial charge is 0.315 e. The maximum Gasteiger partial charge on any atom is 0.262 e. The van der Waals surface area contributed by atoms with Crippen LogP contribution in [-0.2, 0) is 16.1 Å². The van der Waals surface area contributed by atoms with Crippen LogP contribution in [0.25, 0.3) is 0 Å². The Bertz CT molecular complexity index is 920. The van der Waals surface area contributed by atoms with Crippen LogP contribution in [-0.4, -0.2) is 65.1 Å². The molecule has 3 fully saturated rings. The van der Waals surface area contributed by atoms with Crippen molar-refractivity contribution in [1.29, 1.82) is 0 Å². The third-order valence-corrected chi connectivity index (χ3v) is 6.67. The molecule has 0 radical (unpaired) electrons. The van der Waals surface area contributed by atoms with Gasteiger partial charge in [-0.05, 0) is 49.8 Å². The van der Waals surface area contributed by atoms with Crippen molar-refractivity contribution < 1.29 is 19.2 Å². The van der Waals surface area contributed by atoms with Gasteiger partial charge in [0.1, 0.15) is 6.04 Å². The summed E-state index contributed by atoms with van der Waals surface area (Å²) in [5.41, 5.74) is 1.62. The van der Waals surface area contributed by atoms with Crippen LogP contribution in [0.2, 0.25) is 0 Å². The Kier molecular flexibility index (Phi) is 4.91. The first-order chi connectivity index (χ1) is 14.5. The first-order valence-corrected chi connectivity index (χ1v) is 10.8. The van der Waals surface area contributed by atoms with Gasteiger partial charge < -0.3 is 5.32 Å². The lowest BCUT2D eigenvalue weighted by atomic mass is 10.0. The van der Waals surface area contributed by atoms with Gasteiger partial charge in [0.2, 0.25) is 11.8 Å². The Labute approximate surface area is 175 Å². The van der Waals surface area contributed by atoms with E-state index in [2.05, 4.69) is 15.5 Å². The predicted octanol–water partition coefficient (Wildman–Crippen LogP) is 0.662. The number of imide groups is 2. The van der Waals surface area contributed by atoms with Crippen LogP contribution in [0, 0.1) is 5.92 Å². The number of nitrogens with zero attached hydrogens (tertiary/aromatic N) is 2. The monoisotopic (exact) mass is 410 g/mol. The number of rotatable bonds is 6. The molecule has 8 nitrogen and oxygen atoms in total. The molecular weight excluding hydrogens is 384 g/mol. The zero-order chi connectivity index (χ0) is 20.8. The zero-order valence-electron chi connectivity index (χ0n) is 16.9. The maximum absolute atomic E-state index is 13.3. The van der Waals surface area contributed by atoms with E-state index >= 15 is 0 Å². The van der Waals surface area contributed by atoms with E-state index in [1.165, 1.54) is 12.8 Å². The number of nitrogens with one attached hydrogen (secondary N) is 2. The maximum atomic E-state index is 13.3. The molecular formula is C22H26N4O4. The summed E-state index contributed by atoms with van der Waals surface area (Å²) in [5.74, 6) is -1.08. The smallest absolute Gasteiger partial charge is 0.262 e. The quantitative estimate of drug-likeness (QED) is 0.669. The standard InChI is InChI=1S/C22H26N4O4/c27-18-7-6-17(20(28)24-18)26-21(29)16-3-1-2-14(19(16)22(26)30)12-25(11-13-4-5-13)15-8-9-23-10-15/h1-3,13,15,17,23H,4-12H2,(H,24,27,28)/t15-,17?/m0/s1. The number of amides is 4. The van der Waals surface area contributed by atoms with Crippen molar-refractivity contribution in [3.05, 3.63) is 34.9 Å². The molecule has 4 amide bonds. The summed E-state index contributed by atoms with van der Waals surface area (Å²) in [6, 6.07) is 4.90. The number of piperidine rings is 1. The van der Waals surface area contributed by atoms with Crippen molar-refractivity contribution in [2.24, 2.45) is 5.92 Å². The van der Waals surface area contributed by atoms with Crippen LogP contribution in [0.3, 0.4) is 0 Å². The molecule has 4 aliphatic rings. The predicted molar refractivity (Wildman–Crippen MR) is 108 cm³/mol. The molecule has 3 aliphatic heterocycles. The molecule has 2 saturated heterocycles. The van der Waals surface area contributed by atoms with Crippen LogP contribution in [0.4, 0.5) is 0 Å². The fourth-order valence-electron chi connectivity index (χ4n) is 4.86. The first-order valence-electron chi connectivity index (χ1n) is 10.8. The summed E-state index contributed by atoms with van der Waals surface area (Å²) in [5, 5.41) is 5.66. The van der Waals surface area contributed by atoms with Gasteiger partial charge in [-0.2, -0.15) is 0 Å². The Morgan fingerprint density at radius 1 is 1.03 bits per heavy atom. The van der Waals surface area contributed by atoms with Crippen LogP contribution in [0.1, 0.15) is 58.4 Å². The molecule has 158 valence electrons. The minimum Gasteiger partial charge on any atom is -0.315 e. The van der Waals surface area contributed by atoms with Gasteiger partial charge >= 0.3 is 0 Å². The Morgan fingerprint density at radius 2 is 1.87 bits per heavy atom. The van der Waals surface area contributed by atoms with E-state index < -0.39 is 23.8 Å². The highest BCUT2D eigenvalue weighted by molar-refractivity contribution is 6.24. The average Bonchev–Trinajstić information content (AvgIpc) is 3.29. The highest BCUT2D eigenvalue weighted by atomic mass is 16.2. The molecule has 0 aromatic heterocycles. The van der Waals surface area contributed by atoms with Crippen molar-refractivity contribution >= 4 is 23.6 Å². The van der Waals surface area contributed by atoms with Crippen molar-refractivity contribution in [1.82, 2.24) is 20.4 Å². The summed E-state index contributed by atoms with van der Waals surface area (Å²) in [6.45, 7) is 3.57. The van der Waals surface area contributed by atoms with E-state index in [0.717, 1.165) is 42.4 Å². The van der Waals surface area contributed by atoms with Crippen LogP contribution >= 0.6 is 0 Å². The number of benzene rings is 1. The summed E-state index contributed by atoms with van der Waals surface area (Å²) in [4.78, 5) is 53.6. The van der Waals surface area contributed by atoms with Crippen molar-refractivity contribution in [2.45, 2.75) is 50.7 Å². The lowest BCUT2D eigenvalue weighted by Crippen LogP contribution is -2.54. The first kappa shape index (κ1) is 19.4. The molecule has 1 aromatic carbocycles. The van der Waals surface area contributed by atoms with Crippen molar-refractivity contribution in [3.8, 4) is 0 Å². The molecule has 1 aromatic rings. The van der Waals surface area contributed by atoms with Gasteiger partial charge in [-0.25, -0.2) is 0 Å². The van der Waals surface area contributed by atoms with E-state index in [1.807, 2.05) is 12.1 Å². The number of carbonyl (C=O) groups excluding carboxylic acids is 4. The molecule has 2 N–H and O–H groups in total. The SMILES string of the molecule is O=C1CCC(N2C(=O)c3cccc(CN(CC4CC4)[C@H]4CCNC4)c3C2=O)C(=O)N1. The Balaban J connectivity index is 1.42. The van der Waals surface area contributed by atoms with Crippen LogP contribution in [0.5, 0.6) is 0 Å². The van der Waals surface area contributed by atoms with E-state index in [4.69, 9.17) is 0 Å². The normalized spacial score (nSPS) is 26.5. The minimum absolute atomic E-state index is 0.126. The van der Waals surface area contributed by atoms with Gasteiger partial charge in [0.25, 0.3) is 11.8 Å². The van der Waals surface area contributed by atoms with Crippen LogP contribution < -0.4 is 10.6 Å². The molecule has 5 rings (SSSR count). The van der Waals surface area contributed by atoms with Crippen molar-refractivity contribution in [3.63, 3.8) is 0 Å². The molecule has 30 heavy (non-hydrogen) atoms. The fourth-order valence-corrected chi connectivity index (χ4v) is 4.86. The highest BCUT2D eigenvalue weighted by Crippen LogP contribution is 2.34. The van der Waals surface area contributed by atoms with Gasteiger partial charge in [-0.1, -0.05) is 12.1 Å². The number of fused-ring (bicyclic) bond motifs is 1. The van der Waals surface area contributed by atoms with Crippen LogP contribution in [0.15, 0.2) is 18.2 Å². The van der Waals surface area contributed by atoms with E-state index in [0.29, 0.717) is 23.7 Å². The van der Waals surface area contributed by atoms with E-state index in [1.54, 1.807) is 6.07 Å². The lowest BCUT2D eigenvalue weighted by molar-refractivity contribution is -0.136. The van der Waals surface area contributed by atoms with E-state index in [-0.39, 0.29) is 18.7 Å². The van der Waals surface area contributed by atoms with Gasteiger partial charge in [-0.15, -0.1) is 0 Å². The molecule has 1 saturated carbocycles. The summed E-state index contributed by atoms with van der Waals surface area (Å²) in [7, 11) is 0. The van der Waals surface area contributed by atoms with E-state index in [9.17, 15) is 19.2 Å². The molecule has 2 atom stereocenters. The number of carbonyl (C=O) groups is 4. The van der Waals surface area contributed by atoms with Gasteiger partial charge in [-0.3, -0.25) is 34.3 Å². The van der Waals surface area contributed by atoms with Gasteiger partial charge in [0.15, 0.2) is 0 Å². The summed E-state index contributed by atoms with van der Waals surface area (Å²) >= 11 is 0.